The topological polar surface area (TPSA) is 61.4 Å². The zero-order valence-electron chi connectivity index (χ0n) is 8.77. The first-order chi connectivity index (χ1) is 6.56. The van der Waals surface area contributed by atoms with Crippen LogP contribution in [0.25, 0.3) is 0 Å². The molecule has 4 nitrogen and oxygen atoms in total. The molecule has 0 spiro atoms. The Morgan fingerprint density at radius 2 is 1.80 bits per heavy atom. The van der Waals surface area contributed by atoms with Crippen molar-refractivity contribution in [2.24, 2.45) is 0 Å². The molecule has 15 heavy (non-hydrogen) atoms. The van der Waals surface area contributed by atoms with Gasteiger partial charge >= 0.3 is 12.2 Å². The zero-order valence-corrected chi connectivity index (χ0v) is 8.77. The van der Waals surface area contributed by atoms with Gasteiger partial charge in [0.1, 0.15) is 6.04 Å². The fourth-order valence-electron chi connectivity index (χ4n) is 0.766. The maximum atomic E-state index is 12.1. The van der Waals surface area contributed by atoms with Gasteiger partial charge in [-0.2, -0.15) is 13.2 Å². The van der Waals surface area contributed by atoms with Gasteiger partial charge in [0.05, 0.1) is 6.61 Å². The first-order valence-corrected chi connectivity index (χ1v) is 4.32. The molecule has 1 atom stereocenters. The van der Waals surface area contributed by atoms with Crippen molar-refractivity contribution < 1.29 is 23.1 Å². The number of amides is 2. The Balaban J connectivity index is 4.27. The van der Waals surface area contributed by atoms with E-state index in [2.05, 4.69) is 5.32 Å². The minimum absolute atomic E-state index is 0.629. The fraction of sp³-hybridized carbons (Fsp3) is 0.875. The smallest absolute Gasteiger partial charge is 0.394 e. The van der Waals surface area contributed by atoms with Crippen molar-refractivity contribution in [3.05, 3.63) is 0 Å². The molecule has 0 saturated carbocycles. The minimum Gasteiger partial charge on any atom is -0.394 e. The molecule has 0 aromatic carbocycles. The molecule has 0 aliphatic rings. The number of rotatable bonds is 2. The molecular weight excluding hydrogens is 213 g/mol. The van der Waals surface area contributed by atoms with Crippen LogP contribution in [0, 0.1) is 0 Å². The average Bonchev–Trinajstić information content (AvgIpc) is 1.94. The molecule has 0 aromatic heterocycles. The number of aliphatic hydroxyl groups excluding tert-OH is 1. The monoisotopic (exact) mass is 228 g/mol. The van der Waals surface area contributed by atoms with Gasteiger partial charge in [-0.3, -0.25) is 0 Å². The third-order valence-electron chi connectivity index (χ3n) is 1.37. The van der Waals surface area contributed by atoms with Crippen LogP contribution in [0.4, 0.5) is 18.0 Å². The molecule has 1 unspecified atom stereocenters. The molecule has 0 fully saturated rings. The van der Waals surface area contributed by atoms with Gasteiger partial charge in [-0.1, -0.05) is 0 Å². The van der Waals surface area contributed by atoms with E-state index in [1.807, 2.05) is 0 Å². The van der Waals surface area contributed by atoms with Gasteiger partial charge in [-0.05, 0) is 20.8 Å². The molecule has 0 aromatic rings. The lowest BCUT2D eigenvalue weighted by molar-refractivity contribution is -0.160. The quantitative estimate of drug-likeness (QED) is 0.660. The highest BCUT2D eigenvalue weighted by Gasteiger charge is 2.40. The predicted octanol–water partition coefficient (Wildman–Crippen LogP) is 1.01. The van der Waals surface area contributed by atoms with E-state index in [0.717, 1.165) is 0 Å². The van der Waals surface area contributed by atoms with Gasteiger partial charge in [0.25, 0.3) is 0 Å². The summed E-state index contributed by atoms with van der Waals surface area (Å²) in [6.45, 7) is 3.72. The summed E-state index contributed by atoms with van der Waals surface area (Å²) in [5.41, 5.74) is -0.629. The van der Waals surface area contributed by atoms with E-state index in [9.17, 15) is 18.0 Å². The van der Waals surface area contributed by atoms with Crippen LogP contribution in [0.1, 0.15) is 20.8 Å². The van der Waals surface area contributed by atoms with Crippen molar-refractivity contribution in [1.29, 1.82) is 0 Å². The van der Waals surface area contributed by atoms with Crippen LogP contribution in [0.5, 0.6) is 0 Å². The van der Waals surface area contributed by atoms with Gasteiger partial charge in [0.2, 0.25) is 0 Å². The van der Waals surface area contributed by atoms with Crippen molar-refractivity contribution >= 4 is 6.03 Å². The lowest BCUT2D eigenvalue weighted by Gasteiger charge is -2.24. The molecule has 2 amide bonds. The number of carbonyl (C=O) groups is 1. The van der Waals surface area contributed by atoms with E-state index in [1.54, 1.807) is 26.1 Å². The van der Waals surface area contributed by atoms with Gasteiger partial charge < -0.3 is 15.7 Å². The van der Waals surface area contributed by atoms with Crippen molar-refractivity contribution in [2.45, 2.75) is 38.5 Å². The predicted molar refractivity (Wildman–Crippen MR) is 48.3 cm³/mol. The summed E-state index contributed by atoms with van der Waals surface area (Å²) < 4.78 is 36.3. The lowest BCUT2D eigenvalue weighted by atomic mass is 10.1. The van der Waals surface area contributed by atoms with Crippen LogP contribution >= 0.6 is 0 Å². The second-order valence-corrected chi connectivity index (χ2v) is 4.13. The van der Waals surface area contributed by atoms with Crippen molar-refractivity contribution in [2.75, 3.05) is 6.61 Å². The molecule has 7 heteroatoms. The Labute approximate surface area is 85.8 Å². The normalized spacial score (nSPS) is 14.6. The molecule has 0 rings (SSSR count). The number of nitrogens with one attached hydrogen (secondary N) is 2. The van der Waals surface area contributed by atoms with Crippen LogP contribution in [0.2, 0.25) is 0 Å². The largest absolute Gasteiger partial charge is 0.410 e. The fourth-order valence-corrected chi connectivity index (χ4v) is 0.766. The first-order valence-electron chi connectivity index (χ1n) is 4.32. The van der Waals surface area contributed by atoms with Gasteiger partial charge in [-0.15, -0.1) is 0 Å². The van der Waals surface area contributed by atoms with E-state index in [-0.39, 0.29) is 0 Å². The van der Waals surface area contributed by atoms with Crippen LogP contribution < -0.4 is 10.6 Å². The van der Waals surface area contributed by atoms with E-state index in [0.29, 0.717) is 0 Å². The van der Waals surface area contributed by atoms with E-state index >= 15 is 0 Å². The SMILES string of the molecule is CC(C)(C)NC(=O)NC(CO)C(F)(F)F. The summed E-state index contributed by atoms with van der Waals surface area (Å²) in [6, 6.07) is -3.20. The maximum Gasteiger partial charge on any atom is 0.410 e. The Bertz CT molecular complexity index is 223. The highest BCUT2D eigenvalue weighted by molar-refractivity contribution is 5.75. The number of carbonyl (C=O) groups excluding carboxylic acids is 1. The second kappa shape index (κ2) is 4.69. The summed E-state index contributed by atoms with van der Waals surface area (Å²) in [6.07, 6.45) is -4.65. The summed E-state index contributed by atoms with van der Waals surface area (Å²) in [5, 5.41) is 12.4. The summed E-state index contributed by atoms with van der Waals surface area (Å²) in [5.74, 6) is 0. The highest BCUT2D eigenvalue weighted by Crippen LogP contribution is 2.19. The van der Waals surface area contributed by atoms with E-state index in [4.69, 9.17) is 5.11 Å². The third kappa shape index (κ3) is 6.16. The standard InChI is InChI=1S/C8H15F3N2O2/c1-7(2,3)13-6(15)12-5(4-14)8(9,10)11/h5,14H,4H2,1-3H3,(H2,12,13,15). The minimum atomic E-state index is -4.65. The summed E-state index contributed by atoms with van der Waals surface area (Å²) >= 11 is 0. The van der Waals surface area contributed by atoms with Gasteiger partial charge in [-0.25, -0.2) is 4.79 Å². The third-order valence-corrected chi connectivity index (χ3v) is 1.37. The number of urea groups is 1. The highest BCUT2D eigenvalue weighted by atomic mass is 19.4. The second-order valence-electron chi connectivity index (χ2n) is 4.13. The number of aliphatic hydroxyl groups is 1. The number of hydrogen-bond donors (Lipinski definition) is 3. The van der Waals surface area contributed by atoms with Crippen LogP contribution in [-0.2, 0) is 0 Å². The number of alkyl halides is 3. The zero-order chi connectivity index (χ0) is 12.3. The Morgan fingerprint density at radius 1 is 1.33 bits per heavy atom. The maximum absolute atomic E-state index is 12.1. The number of hydrogen-bond acceptors (Lipinski definition) is 2. The van der Waals surface area contributed by atoms with Crippen LogP contribution in [0.15, 0.2) is 0 Å². The van der Waals surface area contributed by atoms with Crippen molar-refractivity contribution in [1.82, 2.24) is 10.6 Å². The molecule has 0 radical (unpaired) electrons. The molecule has 90 valence electrons. The molecule has 0 aliphatic heterocycles. The van der Waals surface area contributed by atoms with Crippen molar-refractivity contribution in [3.63, 3.8) is 0 Å². The van der Waals surface area contributed by atoms with Crippen LogP contribution in [0.3, 0.4) is 0 Å². The van der Waals surface area contributed by atoms with Gasteiger partial charge in [0.15, 0.2) is 0 Å². The van der Waals surface area contributed by atoms with Gasteiger partial charge in [0, 0.05) is 5.54 Å². The average molecular weight is 228 g/mol. The molecule has 0 saturated heterocycles. The summed E-state index contributed by atoms with van der Waals surface area (Å²) in [7, 11) is 0. The molecule has 0 aliphatic carbocycles. The molecule has 0 bridgehead atoms. The first kappa shape index (κ1) is 14.0. The van der Waals surface area contributed by atoms with E-state index < -0.39 is 30.4 Å². The van der Waals surface area contributed by atoms with Crippen LogP contribution in [-0.4, -0.2) is 35.5 Å². The molecule has 0 heterocycles. The van der Waals surface area contributed by atoms with Crippen molar-refractivity contribution in [3.8, 4) is 0 Å². The van der Waals surface area contributed by atoms with E-state index in [1.165, 1.54) is 0 Å². The number of halogens is 3. The Kier molecular flexibility index (Phi) is 4.39. The molecular formula is C8H15F3N2O2. The summed E-state index contributed by atoms with van der Waals surface area (Å²) in [4.78, 5) is 11.0. The Hall–Kier alpha value is -0.980. The Morgan fingerprint density at radius 3 is 2.07 bits per heavy atom. The lowest BCUT2D eigenvalue weighted by Crippen LogP contribution is -2.54. The molecule has 3 N–H and O–H groups in total.